The second-order valence-electron chi connectivity index (χ2n) is 2.59. The number of rotatable bonds is 0. The highest BCUT2D eigenvalue weighted by Gasteiger charge is 1.67. The van der Waals surface area contributed by atoms with Crippen molar-refractivity contribution in [3.05, 3.63) is 0 Å². The van der Waals surface area contributed by atoms with Crippen LogP contribution >= 0.6 is 0 Å². The lowest BCUT2D eigenvalue weighted by Crippen LogP contribution is -2.06. The highest BCUT2D eigenvalue weighted by Crippen LogP contribution is 1.58. The van der Waals surface area contributed by atoms with Crippen LogP contribution in [-0.4, -0.2) is 32.1 Å². The van der Waals surface area contributed by atoms with E-state index in [1.54, 1.807) is 0 Å². The zero-order valence-corrected chi connectivity index (χ0v) is 6.60. The Bertz CT molecular complexity index is 22.0. The van der Waals surface area contributed by atoms with Crippen LogP contribution < -0.4 is 5.73 Å². The van der Waals surface area contributed by atoms with Crippen molar-refractivity contribution in [2.45, 2.75) is 19.9 Å². The summed E-state index contributed by atoms with van der Waals surface area (Å²) < 4.78 is 0. The second-order valence-corrected chi connectivity index (χ2v) is 2.59. The fraction of sp³-hybridized carbons (Fsp3) is 1.00. The van der Waals surface area contributed by atoms with Gasteiger partial charge in [0.15, 0.2) is 0 Å². The molecule has 0 rings (SSSR count). The quantitative estimate of drug-likeness (QED) is 0.503. The average molecular weight is 118 g/mol. The van der Waals surface area contributed by atoms with Gasteiger partial charge >= 0.3 is 0 Å². The molecule has 0 heterocycles. The van der Waals surface area contributed by atoms with Gasteiger partial charge in [-0.1, -0.05) is 13.8 Å². The van der Waals surface area contributed by atoms with Gasteiger partial charge < -0.3 is 10.6 Å². The summed E-state index contributed by atoms with van der Waals surface area (Å²) in [4.78, 5) is 2.00. The normalized spacial score (nSPS) is 9.00. The van der Waals surface area contributed by atoms with Crippen molar-refractivity contribution in [1.29, 1.82) is 0 Å². The Morgan fingerprint density at radius 3 is 1.12 bits per heavy atom. The first kappa shape index (κ1) is 10.8. The van der Waals surface area contributed by atoms with Crippen molar-refractivity contribution in [3.63, 3.8) is 0 Å². The minimum absolute atomic E-state index is 0.333. The smallest absolute Gasteiger partial charge is 0.00179 e. The Morgan fingerprint density at radius 2 is 1.12 bits per heavy atom. The molecule has 0 saturated carbocycles. The summed E-state index contributed by atoms with van der Waals surface area (Å²) >= 11 is 0. The summed E-state index contributed by atoms with van der Waals surface area (Å²) in [5, 5.41) is 0. The highest BCUT2D eigenvalue weighted by molar-refractivity contribution is 4.32. The molecule has 0 aromatic rings. The van der Waals surface area contributed by atoms with Crippen LogP contribution in [0.2, 0.25) is 0 Å². The number of hydrogen-bond acceptors (Lipinski definition) is 2. The maximum atomic E-state index is 5.11. The first-order valence-electron chi connectivity index (χ1n) is 2.83. The fourth-order valence-corrected chi connectivity index (χ4v) is 0. The molecule has 0 bridgehead atoms. The van der Waals surface area contributed by atoms with Crippen molar-refractivity contribution in [2.75, 3.05) is 21.1 Å². The van der Waals surface area contributed by atoms with Gasteiger partial charge in [-0.25, -0.2) is 0 Å². The third kappa shape index (κ3) is 22400. The predicted octanol–water partition coefficient (Wildman–Crippen LogP) is 0.531. The molecule has 2 N–H and O–H groups in total. The van der Waals surface area contributed by atoms with Crippen LogP contribution in [0, 0.1) is 0 Å². The van der Waals surface area contributed by atoms with E-state index in [4.69, 9.17) is 5.73 Å². The zero-order chi connectivity index (χ0) is 7.15. The number of nitrogens with zero attached hydrogens (tertiary/aromatic N) is 1. The minimum Gasteiger partial charge on any atom is -0.328 e. The molecule has 2 nitrogen and oxygen atoms in total. The van der Waals surface area contributed by atoms with E-state index in [2.05, 4.69) is 0 Å². The van der Waals surface area contributed by atoms with E-state index in [0.29, 0.717) is 6.04 Å². The van der Waals surface area contributed by atoms with Crippen LogP contribution in [0.25, 0.3) is 0 Å². The van der Waals surface area contributed by atoms with Gasteiger partial charge in [-0.05, 0) is 27.2 Å². The second kappa shape index (κ2) is 6.92. The highest BCUT2D eigenvalue weighted by atomic mass is 15.0. The maximum absolute atomic E-state index is 5.11. The first-order valence-corrected chi connectivity index (χ1v) is 2.83. The molecule has 0 amide bonds. The Morgan fingerprint density at radius 1 is 1.12 bits per heavy atom. The van der Waals surface area contributed by atoms with Gasteiger partial charge in [-0.15, -0.1) is 0 Å². The maximum Gasteiger partial charge on any atom is -0.00179 e. The molecular formula is C6H18N2. The van der Waals surface area contributed by atoms with Gasteiger partial charge in [0.1, 0.15) is 0 Å². The summed E-state index contributed by atoms with van der Waals surface area (Å²) in [5.74, 6) is 0. The standard InChI is InChI=1S/2C3H9N/c1-4(2)3;1-3(2)4/h1-3H3;3H,4H2,1-2H3. The van der Waals surface area contributed by atoms with Crippen molar-refractivity contribution >= 4 is 0 Å². The molecular weight excluding hydrogens is 100 g/mol. The molecule has 8 heavy (non-hydrogen) atoms. The summed E-state index contributed by atoms with van der Waals surface area (Å²) in [6, 6.07) is 0.333. The van der Waals surface area contributed by atoms with Crippen LogP contribution in [0.5, 0.6) is 0 Å². The monoisotopic (exact) mass is 118 g/mol. The number of nitrogens with two attached hydrogens (primary N) is 1. The SMILES string of the molecule is CC(C)N.CN(C)C. The Labute approximate surface area is 52.7 Å². The fourth-order valence-electron chi connectivity index (χ4n) is 0. The summed E-state index contributed by atoms with van der Waals surface area (Å²) in [6.45, 7) is 3.89. The van der Waals surface area contributed by atoms with Gasteiger partial charge in [0, 0.05) is 0 Å². The summed E-state index contributed by atoms with van der Waals surface area (Å²) in [7, 11) is 6.00. The van der Waals surface area contributed by atoms with Crippen LogP contribution in [-0.2, 0) is 0 Å². The van der Waals surface area contributed by atoms with E-state index in [9.17, 15) is 0 Å². The van der Waals surface area contributed by atoms with E-state index in [1.165, 1.54) is 0 Å². The molecule has 0 aliphatic rings. The van der Waals surface area contributed by atoms with Crippen LogP contribution in [0.15, 0.2) is 0 Å². The molecule has 0 aromatic carbocycles. The minimum atomic E-state index is 0.333. The Hall–Kier alpha value is -0.0800. The molecule has 0 saturated heterocycles. The third-order valence-corrected chi connectivity index (χ3v) is 0. The van der Waals surface area contributed by atoms with Crippen LogP contribution in [0.4, 0.5) is 0 Å². The molecule has 0 spiro atoms. The van der Waals surface area contributed by atoms with Crippen LogP contribution in [0.1, 0.15) is 13.8 Å². The molecule has 2 heteroatoms. The van der Waals surface area contributed by atoms with Crippen molar-refractivity contribution in [3.8, 4) is 0 Å². The predicted molar refractivity (Wildman–Crippen MR) is 38.9 cm³/mol. The lowest BCUT2D eigenvalue weighted by atomic mass is 10.5. The molecule has 52 valence electrons. The van der Waals surface area contributed by atoms with E-state index in [1.807, 2.05) is 39.9 Å². The first-order chi connectivity index (χ1) is 3.46. The Balaban J connectivity index is 0. The Kier molecular flexibility index (Phi) is 9.36. The van der Waals surface area contributed by atoms with Crippen molar-refractivity contribution < 1.29 is 0 Å². The molecule has 0 aromatic heterocycles. The van der Waals surface area contributed by atoms with Crippen LogP contribution in [0.3, 0.4) is 0 Å². The molecule has 0 radical (unpaired) electrons. The lowest BCUT2D eigenvalue weighted by Gasteiger charge is -1.90. The van der Waals surface area contributed by atoms with E-state index >= 15 is 0 Å². The van der Waals surface area contributed by atoms with Gasteiger partial charge in [0.25, 0.3) is 0 Å². The molecule has 0 aliphatic heterocycles. The van der Waals surface area contributed by atoms with Gasteiger partial charge in [0.05, 0.1) is 0 Å². The van der Waals surface area contributed by atoms with E-state index < -0.39 is 0 Å². The van der Waals surface area contributed by atoms with Gasteiger partial charge in [0.2, 0.25) is 0 Å². The number of hydrogen-bond donors (Lipinski definition) is 1. The topological polar surface area (TPSA) is 29.3 Å². The largest absolute Gasteiger partial charge is 0.328 e. The molecule has 0 fully saturated rings. The summed E-state index contributed by atoms with van der Waals surface area (Å²) in [6.07, 6.45) is 0. The molecule has 0 atom stereocenters. The third-order valence-electron chi connectivity index (χ3n) is 0. The van der Waals surface area contributed by atoms with E-state index in [0.717, 1.165) is 0 Å². The molecule has 0 aliphatic carbocycles. The van der Waals surface area contributed by atoms with Gasteiger partial charge in [-0.2, -0.15) is 0 Å². The van der Waals surface area contributed by atoms with Gasteiger partial charge in [-0.3, -0.25) is 0 Å². The molecule has 0 unspecified atom stereocenters. The van der Waals surface area contributed by atoms with Crippen molar-refractivity contribution in [1.82, 2.24) is 4.90 Å². The zero-order valence-electron chi connectivity index (χ0n) is 6.60. The lowest BCUT2D eigenvalue weighted by molar-refractivity contribution is 0.505. The average Bonchev–Trinajstić information content (AvgIpc) is 1.25. The summed E-state index contributed by atoms with van der Waals surface area (Å²) in [5.41, 5.74) is 5.11. The van der Waals surface area contributed by atoms with E-state index in [-0.39, 0.29) is 0 Å². The van der Waals surface area contributed by atoms with Crippen molar-refractivity contribution in [2.24, 2.45) is 5.73 Å².